The van der Waals surface area contributed by atoms with Crippen LogP contribution in [0.25, 0.3) is 22.2 Å². The number of fused-ring (bicyclic) bond motifs is 1. The first kappa shape index (κ1) is 22.7. The maximum Gasteiger partial charge on any atom is 0.225 e. The summed E-state index contributed by atoms with van der Waals surface area (Å²) in [6, 6.07) is 7.93. The van der Waals surface area contributed by atoms with Crippen molar-refractivity contribution in [2.24, 2.45) is 13.0 Å². The van der Waals surface area contributed by atoms with Crippen LogP contribution in [-0.2, 0) is 11.8 Å². The van der Waals surface area contributed by atoms with E-state index < -0.39 is 0 Å². The Labute approximate surface area is 200 Å². The van der Waals surface area contributed by atoms with Crippen LogP contribution in [0.2, 0.25) is 0 Å². The Morgan fingerprint density at radius 3 is 2.65 bits per heavy atom. The van der Waals surface area contributed by atoms with Crippen LogP contribution in [-0.4, -0.2) is 39.9 Å². The second-order valence-corrected chi connectivity index (χ2v) is 9.66. The number of carbonyl (C=O) groups is 1. The average molecular weight is 464 g/mol. The highest BCUT2D eigenvalue weighted by molar-refractivity contribution is 5.87. The average Bonchev–Trinajstić information content (AvgIpc) is 3.45. The van der Waals surface area contributed by atoms with Gasteiger partial charge in [0.25, 0.3) is 0 Å². The molecule has 0 unspecified atom stereocenters. The number of aryl methyl sites for hydroxylation is 1. The Kier molecular flexibility index (Phi) is 6.44. The van der Waals surface area contributed by atoms with Gasteiger partial charge in [0, 0.05) is 37.6 Å². The van der Waals surface area contributed by atoms with Gasteiger partial charge in [-0.15, -0.1) is 0 Å². The van der Waals surface area contributed by atoms with Gasteiger partial charge in [-0.2, -0.15) is 5.10 Å². The predicted molar refractivity (Wildman–Crippen MR) is 130 cm³/mol. The standard InChI is InChI=1S/C27H33N3O4/c1-17(18-9-11-20(31)13-18)33-27-22-16-30(2)29-24(22)15-23(28-27)19-10-12-25(26(14-19)32-3)34-21-7-5-4-6-8-21/h10,12,14-18,21H,4-9,11,13H2,1-3H3/t17-,18+/m1/s1. The number of rotatable bonds is 7. The van der Waals surface area contributed by atoms with E-state index in [0.717, 1.165) is 47.2 Å². The summed E-state index contributed by atoms with van der Waals surface area (Å²) in [4.78, 5) is 16.7. The minimum atomic E-state index is -0.0987. The van der Waals surface area contributed by atoms with Gasteiger partial charge in [-0.25, -0.2) is 4.98 Å². The third-order valence-electron chi connectivity index (χ3n) is 7.13. The van der Waals surface area contributed by atoms with Gasteiger partial charge in [0.2, 0.25) is 5.88 Å². The molecular weight excluding hydrogens is 430 g/mol. The zero-order valence-electron chi connectivity index (χ0n) is 20.3. The van der Waals surface area contributed by atoms with Crippen molar-refractivity contribution in [1.29, 1.82) is 0 Å². The lowest BCUT2D eigenvalue weighted by Gasteiger charge is -2.24. The van der Waals surface area contributed by atoms with Crippen LogP contribution >= 0.6 is 0 Å². The normalized spacial score (nSPS) is 20.0. The molecule has 0 saturated heterocycles. The van der Waals surface area contributed by atoms with Gasteiger partial charge in [0.15, 0.2) is 11.5 Å². The number of hydrogen-bond acceptors (Lipinski definition) is 6. The van der Waals surface area contributed by atoms with Gasteiger partial charge in [-0.1, -0.05) is 6.42 Å². The van der Waals surface area contributed by atoms with Gasteiger partial charge in [0.1, 0.15) is 11.9 Å². The van der Waals surface area contributed by atoms with E-state index in [9.17, 15) is 4.79 Å². The van der Waals surface area contributed by atoms with Crippen LogP contribution in [0.3, 0.4) is 0 Å². The topological polar surface area (TPSA) is 75.5 Å². The number of carbonyl (C=O) groups excluding carboxylic acids is 1. The van der Waals surface area contributed by atoms with Crippen LogP contribution in [0.4, 0.5) is 0 Å². The van der Waals surface area contributed by atoms with Crippen molar-refractivity contribution in [3.05, 3.63) is 30.5 Å². The fourth-order valence-corrected chi connectivity index (χ4v) is 5.15. The molecule has 2 aliphatic rings. The molecule has 7 nitrogen and oxygen atoms in total. The summed E-state index contributed by atoms with van der Waals surface area (Å²) in [7, 11) is 3.56. The molecule has 0 amide bonds. The first-order valence-electron chi connectivity index (χ1n) is 12.4. The van der Waals surface area contributed by atoms with Crippen molar-refractivity contribution in [3.63, 3.8) is 0 Å². The maximum atomic E-state index is 11.8. The number of benzene rings is 1. The summed E-state index contributed by atoms with van der Waals surface area (Å²) >= 11 is 0. The zero-order valence-corrected chi connectivity index (χ0v) is 20.3. The van der Waals surface area contributed by atoms with Gasteiger partial charge in [0.05, 0.1) is 29.8 Å². The highest BCUT2D eigenvalue weighted by atomic mass is 16.5. The summed E-state index contributed by atoms with van der Waals surface area (Å²) in [6.07, 6.45) is 10.1. The highest BCUT2D eigenvalue weighted by Gasteiger charge is 2.29. The molecule has 0 N–H and O–H groups in total. The summed E-state index contributed by atoms with van der Waals surface area (Å²) in [5.41, 5.74) is 2.49. The molecule has 0 bridgehead atoms. The van der Waals surface area contributed by atoms with Gasteiger partial charge in [-0.05, 0) is 63.3 Å². The number of pyridine rings is 1. The number of hydrogen-bond donors (Lipinski definition) is 0. The number of ether oxygens (including phenoxy) is 3. The van der Waals surface area contributed by atoms with Crippen LogP contribution in [0.1, 0.15) is 58.3 Å². The quantitative estimate of drug-likeness (QED) is 0.461. The smallest absolute Gasteiger partial charge is 0.225 e. The Balaban J connectivity index is 1.45. The molecule has 2 fully saturated rings. The van der Waals surface area contributed by atoms with Crippen LogP contribution < -0.4 is 14.2 Å². The Morgan fingerprint density at radius 1 is 1.09 bits per heavy atom. The summed E-state index contributed by atoms with van der Waals surface area (Å²) in [5, 5.41) is 5.47. The second kappa shape index (κ2) is 9.65. The lowest BCUT2D eigenvalue weighted by Crippen LogP contribution is -2.22. The molecule has 5 rings (SSSR count). The molecule has 34 heavy (non-hydrogen) atoms. The maximum absolute atomic E-state index is 11.8. The minimum Gasteiger partial charge on any atom is -0.493 e. The molecule has 2 saturated carbocycles. The van der Waals surface area contributed by atoms with Gasteiger partial charge < -0.3 is 14.2 Å². The van der Waals surface area contributed by atoms with E-state index in [2.05, 4.69) is 5.10 Å². The monoisotopic (exact) mass is 463 g/mol. The number of Topliss-reactive ketones (excluding diaryl/α,β-unsaturated/α-hetero) is 1. The number of ketones is 1. The van der Waals surface area contributed by atoms with E-state index in [4.69, 9.17) is 19.2 Å². The molecular formula is C27H33N3O4. The first-order valence-corrected chi connectivity index (χ1v) is 12.4. The van der Waals surface area contributed by atoms with Crippen LogP contribution in [0, 0.1) is 5.92 Å². The number of aromatic nitrogens is 3. The van der Waals surface area contributed by atoms with E-state index in [-0.39, 0.29) is 18.1 Å². The predicted octanol–water partition coefficient (Wildman–Crippen LogP) is 5.49. The lowest BCUT2D eigenvalue weighted by atomic mass is 9.98. The van der Waals surface area contributed by atoms with Crippen molar-refractivity contribution >= 4 is 16.7 Å². The SMILES string of the molecule is COc1cc(-c2cc3nn(C)cc3c(O[C@H](C)[C@H]3CCC(=O)C3)n2)ccc1OC1CCCCC1. The molecule has 2 aliphatic carbocycles. The van der Waals surface area contributed by atoms with E-state index in [1.54, 1.807) is 11.8 Å². The molecule has 3 aromatic rings. The van der Waals surface area contributed by atoms with Crippen molar-refractivity contribution in [3.8, 4) is 28.6 Å². The Hall–Kier alpha value is -3.09. The molecule has 180 valence electrons. The van der Waals surface area contributed by atoms with Crippen molar-refractivity contribution < 1.29 is 19.0 Å². The van der Waals surface area contributed by atoms with E-state index in [1.807, 2.05) is 44.4 Å². The fraction of sp³-hybridized carbons (Fsp3) is 0.519. The number of methoxy groups -OCH3 is 1. The summed E-state index contributed by atoms with van der Waals surface area (Å²) in [5.74, 6) is 2.56. The van der Waals surface area contributed by atoms with Gasteiger partial charge >= 0.3 is 0 Å². The van der Waals surface area contributed by atoms with Crippen LogP contribution in [0.15, 0.2) is 30.5 Å². The van der Waals surface area contributed by atoms with Crippen molar-refractivity contribution in [1.82, 2.24) is 14.8 Å². The molecule has 0 aliphatic heterocycles. The van der Waals surface area contributed by atoms with Gasteiger partial charge in [-0.3, -0.25) is 9.48 Å². The van der Waals surface area contributed by atoms with E-state index in [0.29, 0.717) is 30.3 Å². The lowest BCUT2D eigenvalue weighted by molar-refractivity contribution is -0.117. The van der Waals surface area contributed by atoms with Crippen molar-refractivity contribution in [2.45, 2.75) is 70.5 Å². The molecule has 2 heterocycles. The molecule has 2 atom stereocenters. The third kappa shape index (κ3) is 4.74. The van der Waals surface area contributed by atoms with E-state index in [1.165, 1.54) is 19.3 Å². The highest BCUT2D eigenvalue weighted by Crippen LogP contribution is 2.37. The molecule has 2 aromatic heterocycles. The fourth-order valence-electron chi connectivity index (χ4n) is 5.15. The molecule has 0 radical (unpaired) electrons. The Morgan fingerprint density at radius 2 is 1.91 bits per heavy atom. The third-order valence-corrected chi connectivity index (χ3v) is 7.13. The molecule has 0 spiro atoms. The zero-order chi connectivity index (χ0) is 23.7. The van der Waals surface area contributed by atoms with E-state index >= 15 is 0 Å². The molecule has 1 aromatic carbocycles. The van der Waals surface area contributed by atoms with Crippen LogP contribution in [0.5, 0.6) is 17.4 Å². The Bertz CT molecular complexity index is 1180. The first-order chi connectivity index (χ1) is 16.5. The second-order valence-electron chi connectivity index (χ2n) is 9.66. The summed E-state index contributed by atoms with van der Waals surface area (Å²) in [6.45, 7) is 2.03. The minimum absolute atomic E-state index is 0.0987. The largest absolute Gasteiger partial charge is 0.493 e. The number of nitrogens with zero attached hydrogens (tertiary/aromatic N) is 3. The van der Waals surface area contributed by atoms with Crippen molar-refractivity contribution in [2.75, 3.05) is 7.11 Å². The summed E-state index contributed by atoms with van der Waals surface area (Å²) < 4.78 is 20.1. The molecule has 7 heteroatoms.